The number of nitrogens with zero attached hydrogens (tertiary/aromatic N) is 6. The van der Waals surface area contributed by atoms with E-state index in [0.29, 0.717) is 23.5 Å². The van der Waals surface area contributed by atoms with Gasteiger partial charge in [0.2, 0.25) is 11.8 Å². The van der Waals surface area contributed by atoms with Crippen LogP contribution in [0.1, 0.15) is 0 Å². The van der Waals surface area contributed by atoms with Crippen LogP contribution >= 0.6 is 0 Å². The number of hydrogen-bond acceptors (Lipinski definition) is 7. The van der Waals surface area contributed by atoms with E-state index in [1.807, 2.05) is 0 Å². The molecule has 0 fully saturated rings. The van der Waals surface area contributed by atoms with Gasteiger partial charge in [-0.2, -0.15) is 10.1 Å². The Bertz CT molecular complexity index is 662. The van der Waals surface area contributed by atoms with Gasteiger partial charge in [0.05, 0.1) is 13.3 Å². The molecule has 0 amide bonds. The highest BCUT2D eigenvalue weighted by atomic mass is 16.5. The van der Waals surface area contributed by atoms with Crippen molar-refractivity contribution in [3.05, 3.63) is 31.0 Å². The summed E-state index contributed by atoms with van der Waals surface area (Å²) in [5.74, 6) is 2.04. The predicted octanol–water partition coefficient (Wildman–Crippen LogP) is 0.533. The molecule has 19 heavy (non-hydrogen) atoms. The summed E-state index contributed by atoms with van der Waals surface area (Å²) in [5.41, 5.74) is 0. The van der Waals surface area contributed by atoms with E-state index in [4.69, 9.17) is 4.74 Å². The van der Waals surface area contributed by atoms with Gasteiger partial charge in [-0.1, -0.05) is 0 Å². The molecule has 9 nitrogen and oxygen atoms in total. The third kappa shape index (κ3) is 2.34. The lowest BCUT2D eigenvalue weighted by Gasteiger charge is -2.03. The van der Waals surface area contributed by atoms with E-state index >= 15 is 0 Å². The summed E-state index contributed by atoms with van der Waals surface area (Å²) in [6.45, 7) is 0. The first-order chi connectivity index (χ1) is 9.35. The van der Waals surface area contributed by atoms with Crippen molar-refractivity contribution in [3.8, 4) is 11.7 Å². The number of aromatic nitrogens is 7. The van der Waals surface area contributed by atoms with Gasteiger partial charge in [-0.25, -0.2) is 4.98 Å². The lowest BCUT2D eigenvalue weighted by atomic mass is 10.6. The normalized spacial score (nSPS) is 10.4. The number of imidazole rings is 1. The fraction of sp³-hybridized carbons (Fsp3) is 0.100. The Labute approximate surface area is 107 Å². The van der Waals surface area contributed by atoms with E-state index in [1.54, 1.807) is 35.6 Å². The van der Waals surface area contributed by atoms with Crippen LogP contribution in [0.2, 0.25) is 0 Å². The Kier molecular flexibility index (Phi) is 2.77. The highest BCUT2D eigenvalue weighted by Crippen LogP contribution is 2.15. The standard InChI is InChI=1S/C10H10N8O/c1-19-9-4-7(15-16-9)13-10-14-8(5-12-17-10)18-3-2-11-6-18/h2-6H,1H3,(H2,13,14,15,16,17). The zero-order valence-electron chi connectivity index (χ0n) is 9.98. The molecule has 0 saturated carbocycles. The molecule has 0 spiro atoms. The monoisotopic (exact) mass is 258 g/mol. The summed E-state index contributed by atoms with van der Waals surface area (Å²) in [5, 5.41) is 17.4. The topological polar surface area (TPSA) is 106 Å². The van der Waals surface area contributed by atoms with Gasteiger partial charge in [0.25, 0.3) is 0 Å². The second-order valence-corrected chi connectivity index (χ2v) is 3.56. The van der Waals surface area contributed by atoms with Gasteiger partial charge < -0.3 is 10.1 Å². The molecule has 0 unspecified atom stereocenters. The zero-order valence-corrected chi connectivity index (χ0v) is 9.98. The van der Waals surface area contributed by atoms with Crippen molar-refractivity contribution in [1.82, 2.24) is 34.9 Å². The van der Waals surface area contributed by atoms with Crippen LogP contribution in [-0.2, 0) is 0 Å². The first kappa shape index (κ1) is 11.1. The van der Waals surface area contributed by atoms with Crippen LogP contribution in [0.3, 0.4) is 0 Å². The van der Waals surface area contributed by atoms with E-state index in [2.05, 4.69) is 35.7 Å². The lowest BCUT2D eigenvalue weighted by molar-refractivity contribution is 0.397. The maximum Gasteiger partial charge on any atom is 0.250 e. The highest BCUT2D eigenvalue weighted by molar-refractivity contribution is 5.49. The Morgan fingerprint density at radius 2 is 2.37 bits per heavy atom. The molecule has 0 bridgehead atoms. The molecule has 3 aromatic rings. The molecule has 3 aromatic heterocycles. The van der Waals surface area contributed by atoms with E-state index in [-0.39, 0.29) is 0 Å². The zero-order chi connectivity index (χ0) is 13.1. The van der Waals surface area contributed by atoms with Crippen LogP contribution in [0.15, 0.2) is 31.0 Å². The second-order valence-electron chi connectivity index (χ2n) is 3.56. The van der Waals surface area contributed by atoms with E-state index in [1.165, 1.54) is 7.11 Å². The Balaban J connectivity index is 1.83. The quantitative estimate of drug-likeness (QED) is 0.703. The van der Waals surface area contributed by atoms with Gasteiger partial charge in [0, 0.05) is 18.5 Å². The van der Waals surface area contributed by atoms with Crippen molar-refractivity contribution in [2.75, 3.05) is 12.4 Å². The average molecular weight is 258 g/mol. The molecule has 2 N–H and O–H groups in total. The Morgan fingerprint density at radius 1 is 1.42 bits per heavy atom. The number of nitrogens with one attached hydrogen (secondary N) is 2. The van der Waals surface area contributed by atoms with E-state index in [9.17, 15) is 0 Å². The number of hydrogen-bond donors (Lipinski definition) is 2. The van der Waals surface area contributed by atoms with E-state index < -0.39 is 0 Å². The summed E-state index contributed by atoms with van der Waals surface area (Å²) < 4.78 is 6.69. The van der Waals surface area contributed by atoms with Gasteiger partial charge in [-0.3, -0.25) is 9.67 Å². The maximum absolute atomic E-state index is 4.96. The molecule has 0 aliphatic carbocycles. The SMILES string of the molecule is COc1cc(Nc2nncc(-n3ccnc3)n2)[nH]n1. The van der Waals surface area contributed by atoms with Crippen molar-refractivity contribution < 1.29 is 4.74 Å². The van der Waals surface area contributed by atoms with Gasteiger partial charge >= 0.3 is 0 Å². The van der Waals surface area contributed by atoms with Gasteiger partial charge in [-0.15, -0.1) is 10.2 Å². The third-order valence-corrected chi connectivity index (χ3v) is 2.33. The van der Waals surface area contributed by atoms with Crippen LogP contribution in [0.25, 0.3) is 5.82 Å². The first-order valence-corrected chi connectivity index (χ1v) is 5.39. The molecule has 0 aliphatic heterocycles. The van der Waals surface area contributed by atoms with Crippen molar-refractivity contribution in [1.29, 1.82) is 0 Å². The number of H-pyrrole nitrogens is 1. The lowest BCUT2D eigenvalue weighted by Crippen LogP contribution is -2.03. The van der Waals surface area contributed by atoms with Crippen molar-refractivity contribution in [2.45, 2.75) is 0 Å². The molecular weight excluding hydrogens is 248 g/mol. The molecule has 3 heterocycles. The largest absolute Gasteiger partial charge is 0.480 e. The molecule has 3 rings (SSSR count). The molecule has 0 aromatic carbocycles. The fourth-order valence-corrected chi connectivity index (χ4v) is 1.46. The van der Waals surface area contributed by atoms with Crippen LogP contribution in [-0.4, -0.2) is 42.0 Å². The number of rotatable bonds is 4. The molecule has 0 aliphatic rings. The molecule has 0 saturated heterocycles. The third-order valence-electron chi connectivity index (χ3n) is 2.33. The van der Waals surface area contributed by atoms with Gasteiger partial charge in [0.1, 0.15) is 12.1 Å². The number of ether oxygens (including phenoxy) is 1. The first-order valence-electron chi connectivity index (χ1n) is 5.39. The van der Waals surface area contributed by atoms with Crippen LogP contribution in [0.5, 0.6) is 5.88 Å². The Morgan fingerprint density at radius 3 is 3.11 bits per heavy atom. The van der Waals surface area contributed by atoms with Crippen molar-refractivity contribution in [2.24, 2.45) is 0 Å². The van der Waals surface area contributed by atoms with Crippen molar-refractivity contribution in [3.63, 3.8) is 0 Å². The molecule has 0 atom stereocenters. The number of aromatic amines is 1. The number of anilines is 2. The minimum absolute atomic E-state index is 0.345. The molecule has 0 radical (unpaired) electrons. The molecule has 9 heteroatoms. The summed E-state index contributed by atoms with van der Waals surface area (Å²) in [4.78, 5) is 8.24. The molecular formula is C10H10N8O. The smallest absolute Gasteiger partial charge is 0.250 e. The Hall–Kier alpha value is -2.97. The second kappa shape index (κ2) is 4.72. The number of methoxy groups -OCH3 is 1. The summed E-state index contributed by atoms with van der Waals surface area (Å²) >= 11 is 0. The maximum atomic E-state index is 4.96. The summed E-state index contributed by atoms with van der Waals surface area (Å²) in [6, 6.07) is 1.69. The van der Waals surface area contributed by atoms with Crippen LogP contribution in [0.4, 0.5) is 11.8 Å². The predicted molar refractivity (Wildman–Crippen MR) is 65.4 cm³/mol. The van der Waals surface area contributed by atoms with Gasteiger partial charge in [0.15, 0.2) is 5.82 Å². The average Bonchev–Trinajstić information content (AvgIpc) is 3.10. The van der Waals surface area contributed by atoms with Crippen molar-refractivity contribution >= 4 is 11.8 Å². The van der Waals surface area contributed by atoms with E-state index in [0.717, 1.165) is 0 Å². The summed E-state index contributed by atoms with van der Waals surface area (Å²) in [6.07, 6.45) is 6.61. The minimum Gasteiger partial charge on any atom is -0.480 e. The fourth-order valence-electron chi connectivity index (χ4n) is 1.46. The summed E-state index contributed by atoms with van der Waals surface area (Å²) in [7, 11) is 1.54. The van der Waals surface area contributed by atoms with Crippen LogP contribution in [0, 0.1) is 0 Å². The molecule has 96 valence electrons. The van der Waals surface area contributed by atoms with Crippen LogP contribution < -0.4 is 10.1 Å². The minimum atomic E-state index is 0.345. The highest BCUT2D eigenvalue weighted by Gasteiger charge is 2.05. The van der Waals surface area contributed by atoms with Gasteiger partial charge in [-0.05, 0) is 0 Å².